The highest BCUT2D eigenvalue weighted by atomic mass is 35.5. The van der Waals surface area contributed by atoms with Crippen LogP contribution in [0, 0.1) is 0 Å². The van der Waals surface area contributed by atoms with E-state index < -0.39 is 18.0 Å². The molecule has 1 amide bonds. The second kappa shape index (κ2) is 10.5. The van der Waals surface area contributed by atoms with E-state index in [1.807, 2.05) is 4.90 Å². The molecule has 0 aliphatic carbocycles. The number of carbonyl (C=O) groups is 3. The summed E-state index contributed by atoms with van der Waals surface area (Å²) in [6.45, 7) is 1.22. The number of anilines is 2. The maximum atomic E-state index is 12.1. The number of carboxylic acids is 2. The first kappa shape index (κ1) is 22.3. The normalized spacial score (nSPS) is 10.3. The lowest BCUT2D eigenvalue weighted by Crippen LogP contribution is -2.27. The molecule has 29 heavy (non-hydrogen) atoms. The highest BCUT2D eigenvalue weighted by Gasteiger charge is 2.14. The number of carboxylic acid groups (broad SMARTS) is 2. The molecule has 0 aliphatic heterocycles. The van der Waals surface area contributed by atoms with Gasteiger partial charge in [0.15, 0.2) is 0 Å². The summed E-state index contributed by atoms with van der Waals surface area (Å²) in [6.07, 6.45) is -0.894. The Bertz CT molecular complexity index is 851. The van der Waals surface area contributed by atoms with Gasteiger partial charge in [0.1, 0.15) is 5.75 Å². The average Bonchev–Trinajstić information content (AvgIpc) is 2.68. The summed E-state index contributed by atoms with van der Waals surface area (Å²) in [7, 11) is 0. The highest BCUT2D eigenvalue weighted by molar-refractivity contribution is 6.18. The zero-order valence-electron chi connectivity index (χ0n) is 15.1. The number of hydrogen-bond donors (Lipinski definition) is 3. The summed E-state index contributed by atoms with van der Waals surface area (Å²) in [5, 5.41) is 20.5. The largest absolute Gasteiger partial charge is 0.478 e. The van der Waals surface area contributed by atoms with Gasteiger partial charge >= 0.3 is 18.0 Å². The fourth-order valence-corrected chi connectivity index (χ4v) is 2.90. The molecule has 0 spiro atoms. The molecule has 0 aliphatic rings. The summed E-state index contributed by atoms with van der Waals surface area (Å²) in [6, 6.07) is 9.92. The van der Waals surface area contributed by atoms with E-state index in [-0.39, 0.29) is 22.6 Å². The van der Waals surface area contributed by atoms with E-state index in [1.165, 1.54) is 0 Å². The Morgan fingerprint density at radius 1 is 0.897 bits per heavy atom. The molecule has 0 heterocycles. The van der Waals surface area contributed by atoms with Gasteiger partial charge in [-0.05, 0) is 42.5 Å². The van der Waals surface area contributed by atoms with E-state index in [9.17, 15) is 14.4 Å². The van der Waals surface area contributed by atoms with Crippen molar-refractivity contribution in [1.82, 2.24) is 0 Å². The van der Waals surface area contributed by atoms with Crippen molar-refractivity contribution in [3.63, 3.8) is 0 Å². The molecule has 0 saturated heterocycles. The predicted molar refractivity (Wildman–Crippen MR) is 110 cm³/mol. The van der Waals surface area contributed by atoms with Crippen molar-refractivity contribution in [1.29, 1.82) is 0 Å². The number of alkyl halides is 2. The molecule has 0 unspecified atom stereocenters. The van der Waals surface area contributed by atoms with Gasteiger partial charge in [-0.2, -0.15) is 0 Å². The lowest BCUT2D eigenvalue weighted by molar-refractivity contribution is 0.0696. The number of ether oxygens (including phenoxy) is 1. The van der Waals surface area contributed by atoms with Gasteiger partial charge in [0.25, 0.3) is 0 Å². The lowest BCUT2D eigenvalue weighted by Gasteiger charge is -2.22. The fourth-order valence-electron chi connectivity index (χ4n) is 2.50. The van der Waals surface area contributed by atoms with Gasteiger partial charge in [0.05, 0.1) is 11.1 Å². The number of benzene rings is 2. The van der Waals surface area contributed by atoms with Crippen LogP contribution in [0.2, 0.25) is 0 Å². The number of carbonyl (C=O) groups excluding carboxylic acids is 1. The molecule has 2 rings (SSSR count). The minimum absolute atomic E-state index is 0.0145. The zero-order valence-corrected chi connectivity index (χ0v) is 16.6. The Morgan fingerprint density at radius 3 is 1.86 bits per heavy atom. The molecule has 3 N–H and O–H groups in total. The number of aromatic carboxylic acids is 2. The number of amides is 1. The third-order valence-corrected chi connectivity index (χ3v) is 4.13. The standard InChI is InChI=1S/C19H18Cl2N2O6/c20-5-7-23(8-6-21)15-1-3-16(4-2-15)29-19(28)22-14-10-12(17(24)25)9-13(11-14)18(26)27/h1-4,9-11H,5-8H2,(H,22,28)(H,24,25)(H,26,27). The van der Waals surface area contributed by atoms with Gasteiger partial charge in [0.2, 0.25) is 0 Å². The van der Waals surface area contributed by atoms with Gasteiger partial charge in [-0.3, -0.25) is 5.32 Å². The van der Waals surface area contributed by atoms with Crippen LogP contribution in [0.4, 0.5) is 16.2 Å². The van der Waals surface area contributed by atoms with Crippen LogP contribution in [-0.2, 0) is 0 Å². The van der Waals surface area contributed by atoms with Gasteiger partial charge in [-0.1, -0.05) is 0 Å². The van der Waals surface area contributed by atoms with Crippen molar-refractivity contribution in [2.45, 2.75) is 0 Å². The summed E-state index contributed by atoms with van der Waals surface area (Å²) in [5.74, 6) is -1.52. The summed E-state index contributed by atoms with van der Waals surface area (Å²) >= 11 is 11.6. The van der Waals surface area contributed by atoms with Crippen LogP contribution in [0.25, 0.3) is 0 Å². The zero-order chi connectivity index (χ0) is 21.4. The van der Waals surface area contributed by atoms with Crippen LogP contribution in [-0.4, -0.2) is 53.1 Å². The van der Waals surface area contributed by atoms with E-state index in [2.05, 4.69) is 5.32 Å². The van der Waals surface area contributed by atoms with Crippen molar-refractivity contribution >= 4 is 52.6 Å². The Morgan fingerprint density at radius 2 is 1.41 bits per heavy atom. The molecule has 2 aromatic rings. The molecule has 0 saturated carbocycles. The van der Waals surface area contributed by atoms with Crippen molar-refractivity contribution in [2.75, 3.05) is 35.1 Å². The molecule has 0 bridgehead atoms. The van der Waals surface area contributed by atoms with E-state index in [0.717, 1.165) is 23.9 Å². The second-order valence-electron chi connectivity index (χ2n) is 5.78. The number of hydrogen-bond acceptors (Lipinski definition) is 5. The molecule has 0 atom stereocenters. The average molecular weight is 441 g/mol. The van der Waals surface area contributed by atoms with Crippen molar-refractivity contribution < 1.29 is 29.3 Å². The molecule has 154 valence electrons. The van der Waals surface area contributed by atoms with Crippen LogP contribution in [0.1, 0.15) is 20.7 Å². The van der Waals surface area contributed by atoms with Crippen molar-refractivity contribution in [2.24, 2.45) is 0 Å². The quantitative estimate of drug-likeness (QED) is 0.504. The van der Waals surface area contributed by atoms with Crippen LogP contribution in [0.5, 0.6) is 5.75 Å². The predicted octanol–water partition coefficient (Wildman–Crippen LogP) is 3.98. The molecule has 2 aromatic carbocycles. The van der Waals surface area contributed by atoms with Crippen molar-refractivity contribution in [3.05, 3.63) is 53.6 Å². The number of rotatable bonds is 9. The van der Waals surface area contributed by atoms with Crippen LogP contribution >= 0.6 is 23.2 Å². The fraction of sp³-hybridized carbons (Fsp3) is 0.211. The molecule has 0 radical (unpaired) electrons. The molecular weight excluding hydrogens is 423 g/mol. The Balaban J connectivity index is 2.09. The third-order valence-electron chi connectivity index (χ3n) is 3.79. The SMILES string of the molecule is O=C(Nc1cc(C(=O)O)cc(C(=O)O)c1)Oc1ccc(N(CCCl)CCCl)cc1. The number of nitrogens with one attached hydrogen (secondary N) is 1. The van der Waals surface area contributed by atoms with E-state index in [4.69, 9.17) is 38.2 Å². The minimum Gasteiger partial charge on any atom is -0.478 e. The summed E-state index contributed by atoms with van der Waals surface area (Å²) < 4.78 is 5.16. The topological polar surface area (TPSA) is 116 Å². The molecule has 10 heteroatoms. The smallest absolute Gasteiger partial charge is 0.417 e. The molecule has 0 aromatic heterocycles. The lowest BCUT2D eigenvalue weighted by atomic mass is 10.1. The highest BCUT2D eigenvalue weighted by Crippen LogP contribution is 2.21. The van der Waals surface area contributed by atoms with Gasteiger partial charge in [0, 0.05) is 36.2 Å². The third kappa shape index (κ3) is 6.55. The first-order valence-corrected chi connectivity index (χ1v) is 9.48. The first-order chi connectivity index (χ1) is 13.8. The molecule has 0 fully saturated rings. The van der Waals surface area contributed by atoms with Crippen LogP contribution in [0.15, 0.2) is 42.5 Å². The van der Waals surface area contributed by atoms with Gasteiger partial charge in [-0.25, -0.2) is 14.4 Å². The van der Waals surface area contributed by atoms with Crippen LogP contribution in [0.3, 0.4) is 0 Å². The Labute approximate surface area is 176 Å². The monoisotopic (exact) mass is 440 g/mol. The Kier molecular flexibility index (Phi) is 8.11. The van der Waals surface area contributed by atoms with Gasteiger partial charge in [-0.15, -0.1) is 23.2 Å². The first-order valence-electron chi connectivity index (χ1n) is 8.41. The minimum atomic E-state index is -1.32. The van der Waals surface area contributed by atoms with E-state index in [1.54, 1.807) is 24.3 Å². The second-order valence-corrected chi connectivity index (χ2v) is 6.54. The molecule has 8 nitrogen and oxygen atoms in total. The molecular formula is C19H18Cl2N2O6. The maximum absolute atomic E-state index is 12.1. The maximum Gasteiger partial charge on any atom is 0.417 e. The van der Waals surface area contributed by atoms with Crippen molar-refractivity contribution in [3.8, 4) is 5.75 Å². The number of nitrogens with zero attached hydrogens (tertiary/aromatic N) is 1. The van der Waals surface area contributed by atoms with E-state index in [0.29, 0.717) is 24.8 Å². The van der Waals surface area contributed by atoms with Gasteiger partial charge < -0.3 is 19.8 Å². The number of halogens is 2. The van der Waals surface area contributed by atoms with E-state index >= 15 is 0 Å². The summed E-state index contributed by atoms with van der Waals surface area (Å²) in [5.41, 5.74) is 0.296. The summed E-state index contributed by atoms with van der Waals surface area (Å²) in [4.78, 5) is 36.3. The van der Waals surface area contributed by atoms with Crippen LogP contribution < -0.4 is 15.0 Å². The Hall–Kier alpha value is -2.97.